The minimum absolute atomic E-state index is 0.0858. The summed E-state index contributed by atoms with van der Waals surface area (Å²) in [6, 6.07) is 7.83. The molecular formula is C15H19N3O3S. The predicted octanol–water partition coefficient (Wildman–Crippen LogP) is 2.29. The van der Waals surface area contributed by atoms with E-state index in [0.717, 1.165) is 11.1 Å². The lowest BCUT2D eigenvalue weighted by molar-refractivity contribution is -0.120. The quantitative estimate of drug-likeness (QED) is 0.623. The largest absolute Gasteiger partial charge is 0.411 e. The SMILES string of the molecule is COCCNC(=O)[C@H](C)Sc1nnc(-c2cccc(C)c2)o1. The second-order valence-corrected chi connectivity index (χ2v) is 6.08. The van der Waals surface area contributed by atoms with Gasteiger partial charge in [-0.3, -0.25) is 4.79 Å². The number of nitrogens with one attached hydrogen (secondary N) is 1. The summed E-state index contributed by atoms with van der Waals surface area (Å²) in [5.74, 6) is 0.371. The molecule has 7 heteroatoms. The van der Waals surface area contributed by atoms with Gasteiger partial charge in [0.2, 0.25) is 11.8 Å². The van der Waals surface area contributed by atoms with Crippen LogP contribution in [0, 0.1) is 6.92 Å². The molecule has 0 aliphatic carbocycles. The Kier molecular flexibility index (Phi) is 5.97. The number of carbonyl (C=O) groups excluding carboxylic acids is 1. The molecule has 0 aliphatic heterocycles. The minimum atomic E-state index is -0.317. The third kappa shape index (κ3) is 4.57. The summed E-state index contributed by atoms with van der Waals surface area (Å²) in [5.41, 5.74) is 1.99. The molecule has 2 rings (SSSR count). The maximum Gasteiger partial charge on any atom is 0.277 e. The zero-order valence-corrected chi connectivity index (χ0v) is 13.6. The minimum Gasteiger partial charge on any atom is -0.411 e. The fraction of sp³-hybridized carbons (Fsp3) is 0.400. The number of ether oxygens (including phenoxy) is 1. The number of nitrogens with zero attached hydrogens (tertiary/aromatic N) is 2. The second-order valence-electron chi connectivity index (χ2n) is 4.79. The van der Waals surface area contributed by atoms with Crippen molar-refractivity contribution in [1.82, 2.24) is 15.5 Å². The van der Waals surface area contributed by atoms with E-state index in [1.807, 2.05) is 31.2 Å². The first kappa shape index (κ1) is 16.5. The van der Waals surface area contributed by atoms with E-state index in [9.17, 15) is 4.79 Å². The smallest absolute Gasteiger partial charge is 0.277 e. The molecule has 0 fully saturated rings. The molecule has 0 bridgehead atoms. The van der Waals surface area contributed by atoms with Gasteiger partial charge in [-0.15, -0.1) is 10.2 Å². The van der Waals surface area contributed by atoms with Gasteiger partial charge in [0.25, 0.3) is 5.22 Å². The van der Waals surface area contributed by atoms with Gasteiger partial charge in [-0.2, -0.15) is 0 Å². The highest BCUT2D eigenvalue weighted by atomic mass is 32.2. The number of aromatic nitrogens is 2. The zero-order chi connectivity index (χ0) is 15.9. The maximum absolute atomic E-state index is 11.9. The number of carbonyl (C=O) groups is 1. The molecule has 0 saturated carbocycles. The van der Waals surface area contributed by atoms with Crippen molar-refractivity contribution in [3.05, 3.63) is 29.8 Å². The molecule has 118 valence electrons. The fourth-order valence-corrected chi connectivity index (χ4v) is 2.48. The van der Waals surface area contributed by atoms with Crippen LogP contribution >= 0.6 is 11.8 Å². The predicted molar refractivity (Wildman–Crippen MR) is 84.7 cm³/mol. The van der Waals surface area contributed by atoms with Gasteiger partial charge in [0.1, 0.15) is 0 Å². The van der Waals surface area contributed by atoms with E-state index in [2.05, 4.69) is 15.5 Å². The van der Waals surface area contributed by atoms with Crippen LogP contribution < -0.4 is 5.32 Å². The summed E-state index contributed by atoms with van der Waals surface area (Å²) in [6.45, 7) is 4.77. The summed E-state index contributed by atoms with van der Waals surface area (Å²) < 4.78 is 10.5. The number of rotatable bonds is 7. The summed E-state index contributed by atoms with van der Waals surface area (Å²) in [7, 11) is 1.59. The number of amides is 1. The van der Waals surface area contributed by atoms with Crippen molar-refractivity contribution < 1.29 is 13.9 Å². The Balaban J connectivity index is 1.95. The Morgan fingerprint density at radius 1 is 1.45 bits per heavy atom. The van der Waals surface area contributed by atoms with Crippen LogP contribution in [-0.2, 0) is 9.53 Å². The first-order valence-corrected chi connectivity index (χ1v) is 7.82. The van der Waals surface area contributed by atoms with Crippen molar-refractivity contribution in [2.24, 2.45) is 0 Å². The summed E-state index contributed by atoms with van der Waals surface area (Å²) >= 11 is 1.24. The van der Waals surface area contributed by atoms with Gasteiger partial charge in [-0.05, 0) is 26.0 Å². The summed E-state index contributed by atoms with van der Waals surface area (Å²) in [5, 5.41) is 10.8. The molecule has 2 aromatic rings. The van der Waals surface area contributed by atoms with Crippen LogP contribution in [0.3, 0.4) is 0 Å². The topological polar surface area (TPSA) is 77.2 Å². The van der Waals surface area contributed by atoms with Gasteiger partial charge in [0, 0.05) is 19.2 Å². The number of thioether (sulfide) groups is 1. The Morgan fingerprint density at radius 2 is 2.27 bits per heavy atom. The van der Waals surface area contributed by atoms with Gasteiger partial charge in [-0.1, -0.05) is 29.5 Å². The van der Waals surface area contributed by atoms with Crippen LogP contribution in [0.15, 0.2) is 33.9 Å². The van der Waals surface area contributed by atoms with Crippen LogP contribution in [-0.4, -0.2) is 41.6 Å². The van der Waals surface area contributed by atoms with Crippen LogP contribution in [0.5, 0.6) is 0 Å². The Bertz CT molecular complexity index is 630. The first-order chi connectivity index (χ1) is 10.6. The van der Waals surface area contributed by atoms with Crippen LogP contribution in [0.1, 0.15) is 12.5 Å². The number of benzene rings is 1. The molecule has 1 aromatic carbocycles. The normalized spacial score (nSPS) is 12.1. The van der Waals surface area contributed by atoms with Gasteiger partial charge < -0.3 is 14.5 Å². The standard InChI is InChI=1S/C15H19N3O3S/c1-10-5-4-6-12(9-10)14-17-18-15(21-14)22-11(2)13(19)16-7-8-20-3/h4-6,9,11H,7-8H2,1-3H3,(H,16,19)/t11-/m0/s1. The van der Waals surface area contributed by atoms with Crippen LogP contribution in [0.25, 0.3) is 11.5 Å². The second kappa shape index (κ2) is 7.95. The van der Waals surface area contributed by atoms with Crippen molar-refractivity contribution in [1.29, 1.82) is 0 Å². The third-order valence-electron chi connectivity index (χ3n) is 2.92. The number of methoxy groups -OCH3 is 1. The third-order valence-corrected chi connectivity index (χ3v) is 3.86. The van der Waals surface area contributed by atoms with E-state index in [1.54, 1.807) is 14.0 Å². The van der Waals surface area contributed by atoms with E-state index < -0.39 is 0 Å². The molecule has 1 heterocycles. The van der Waals surface area contributed by atoms with Crippen LogP contribution in [0.4, 0.5) is 0 Å². The van der Waals surface area contributed by atoms with Crippen molar-refractivity contribution in [2.75, 3.05) is 20.3 Å². The molecule has 0 radical (unpaired) electrons. The van der Waals surface area contributed by atoms with Gasteiger partial charge in [0.15, 0.2) is 0 Å². The summed E-state index contributed by atoms with van der Waals surface area (Å²) in [6.07, 6.45) is 0. The molecule has 0 spiro atoms. The van der Waals surface area contributed by atoms with E-state index in [0.29, 0.717) is 24.3 Å². The Hall–Kier alpha value is -1.86. The number of aryl methyl sites for hydroxylation is 1. The lowest BCUT2D eigenvalue weighted by Crippen LogP contribution is -2.33. The first-order valence-electron chi connectivity index (χ1n) is 6.94. The number of hydrogen-bond acceptors (Lipinski definition) is 6. The molecule has 0 unspecified atom stereocenters. The van der Waals surface area contributed by atoms with Gasteiger partial charge in [-0.25, -0.2) is 0 Å². The monoisotopic (exact) mass is 321 g/mol. The van der Waals surface area contributed by atoms with E-state index >= 15 is 0 Å². The van der Waals surface area contributed by atoms with E-state index in [1.165, 1.54) is 11.8 Å². The maximum atomic E-state index is 11.9. The lowest BCUT2D eigenvalue weighted by atomic mass is 10.1. The Morgan fingerprint density at radius 3 is 3.00 bits per heavy atom. The molecular weight excluding hydrogens is 302 g/mol. The van der Waals surface area contributed by atoms with Crippen molar-refractivity contribution in [3.63, 3.8) is 0 Å². The molecule has 1 atom stereocenters. The highest BCUT2D eigenvalue weighted by Crippen LogP contribution is 2.26. The van der Waals surface area contributed by atoms with E-state index in [-0.39, 0.29) is 11.2 Å². The molecule has 22 heavy (non-hydrogen) atoms. The average Bonchev–Trinajstić information content (AvgIpc) is 2.96. The Labute approximate surface area is 133 Å². The van der Waals surface area contributed by atoms with E-state index in [4.69, 9.17) is 9.15 Å². The van der Waals surface area contributed by atoms with Gasteiger partial charge in [0.05, 0.1) is 11.9 Å². The zero-order valence-electron chi connectivity index (χ0n) is 12.8. The highest BCUT2D eigenvalue weighted by Gasteiger charge is 2.18. The molecule has 1 aromatic heterocycles. The van der Waals surface area contributed by atoms with Crippen molar-refractivity contribution >= 4 is 17.7 Å². The number of hydrogen-bond donors (Lipinski definition) is 1. The lowest BCUT2D eigenvalue weighted by Gasteiger charge is -2.08. The van der Waals surface area contributed by atoms with Gasteiger partial charge >= 0.3 is 0 Å². The fourth-order valence-electron chi connectivity index (χ4n) is 1.78. The van der Waals surface area contributed by atoms with Crippen molar-refractivity contribution in [3.8, 4) is 11.5 Å². The summed E-state index contributed by atoms with van der Waals surface area (Å²) in [4.78, 5) is 11.9. The average molecular weight is 321 g/mol. The molecule has 0 saturated heterocycles. The molecule has 1 amide bonds. The van der Waals surface area contributed by atoms with Crippen LogP contribution in [0.2, 0.25) is 0 Å². The van der Waals surface area contributed by atoms with Crippen molar-refractivity contribution in [2.45, 2.75) is 24.3 Å². The molecule has 0 aliphatic rings. The highest BCUT2D eigenvalue weighted by molar-refractivity contribution is 8.00. The molecule has 6 nitrogen and oxygen atoms in total. The molecule has 1 N–H and O–H groups in total.